The van der Waals surface area contributed by atoms with Crippen molar-refractivity contribution in [2.45, 2.75) is 39.8 Å². The van der Waals surface area contributed by atoms with Crippen molar-refractivity contribution in [3.63, 3.8) is 0 Å². The monoisotopic (exact) mass is 375 g/mol. The first-order valence-corrected chi connectivity index (χ1v) is 9.68. The van der Waals surface area contributed by atoms with E-state index in [1.54, 1.807) is 0 Å². The fraction of sp³-hybridized carbons (Fsp3) is 0.500. The van der Waals surface area contributed by atoms with Gasteiger partial charge in [0.2, 0.25) is 0 Å². The number of benzene rings is 1. The molecule has 0 aliphatic carbocycles. The molecule has 0 unspecified atom stereocenters. The van der Waals surface area contributed by atoms with Crippen molar-refractivity contribution < 1.29 is 4.90 Å². The summed E-state index contributed by atoms with van der Waals surface area (Å²) in [5, 5.41) is 5.14. The molecule has 0 amide bonds. The number of aromatic nitrogens is 1. The van der Waals surface area contributed by atoms with E-state index in [0.717, 1.165) is 36.0 Å². The van der Waals surface area contributed by atoms with Crippen LogP contribution in [-0.2, 0) is 6.54 Å². The standard InChI is InChI=1S/C20H30N4OS/c1-6-15(3)21-20(26)24(10-9-23(4)5)13-17-12-16-11-14(2)7-8-18(16)22-19(17)25/h7-8,11-12,15H,6,9-10,13H2,1-5H3,(H,21,26)(H,22,25)/p+1/t15-/m0/s1. The van der Waals surface area contributed by atoms with E-state index in [2.05, 4.69) is 56.1 Å². The lowest BCUT2D eigenvalue weighted by atomic mass is 10.1. The van der Waals surface area contributed by atoms with Gasteiger partial charge >= 0.3 is 0 Å². The maximum atomic E-state index is 12.5. The van der Waals surface area contributed by atoms with Crippen LogP contribution in [0.3, 0.4) is 0 Å². The zero-order valence-corrected chi connectivity index (χ0v) is 17.3. The summed E-state index contributed by atoms with van der Waals surface area (Å²) in [5.41, 5.74) is 2.74. The highest BCUT2D eigenvalue weighted by Gasteiger charge is 2.15. The van der Waals surface area contributed by atoms with Crippen LogP contribution in [0.1, 0.15) is 31.4 Å². The van der Waals surface area contributed by atoms with Crippen LogP contribution in [0.2, 0.25) is 0 Å². The van der Waals surface area contributed by atoms with Gasteiger partial charge < -0.3 is 20.1 Å². The molecule has 0 bridgehead atoms. The maximum absolute atomic E-state index is 12.5. The lowest BCUT2D eigenvalue weighted by Crippen LogP contribution is -3.06. The first kappa shape index (κ1) is 20.4. The van der Waals surface area contributed by atoms with E-state index in [1.807, 2.05) is 18.2 Å². The summed E-state index contributed by atoms with van der Waals surface area (Å²) in [5.74, 6) is 0. The van der Waals surface area contributed by atoms with Crippen molar-refractivity contribution in [1.29, 1.82) is 0 Å². The van der Waals surface area contributed by atoms with E-state index in [-0.39, 0.29) is 5.56 Å². The lowest BCUT2D eigenvalue weighted by Gasteiger charge is -2.28. The lowest BCUT2D eigenvalue weighted by molar-refractivity contribution is -0.857. The minimum atomic E-state index is -0.0464. The van der Waals surface area contributed by atoms with E-state index >= 15 is 0 Å². The van der Waals surface area contributed by atoms with Gasteiger partial charge in [0.15, 0.2) is 5.11 Å². The molecule has 1 heterocycles. The molecule has 0 fully saturated rings. The summed E-state index contributed by atoms with van der Waals surface area (Å²) < 4.78 is 0. The smallest absolute Gasteiger partial charge is 0.253 e. The van der Waals surface area contributed by atoms with Crippen molar-refractivity contribution in [2.75, 3.05) is 27.2 Å². The SMILES string of the molecule is CC[C@H](C)NC(=S)N(CC[NH+](C)C)Cc1cc2cc(C)ccc2[nH]c1=O. The molecule has 1 aromatic carbocycles. The molecule has 0 saturated heterocycles. The molecule has 0 spiro atoms. The molecular weight excluding hydrogens is 344 g/mol. The third-order valence-corrected chi connectivity index (χ3v) is 4.97. The third kappa shape index (κ3) is 5.54. The summed E-state index contributed by atoms with van der Waals surface area (Å²) in [7, 11) is 4.24. The summed E-state index contributed by atoms with van der Waals surface area (Å²) in [6.07, 6.45) is 1.00. The number of rotatable bonds is 7. The van der Waals surface area contributed by atoms with Gasteiger partial charge in [0.1, 0.15) is 0 Å². The highest BCUT2D eigenvalue weighted by atomic mass is 32.1. The second-order valence-electron chi connectivity index (χ2n) is 7.35. The Balaban J connectivity index is 2.28. The van der Waals surface area contributed by atoms with Crippen molar-refractivity contribution in [3.05, 3.63) is 45.7 Å². The predicted molar refractivity (Wildman–Crippen MR) is 113 cm³/mol. The van der Waals surface area contributed by atoms with Crippen LogP contribution in [0.25, 0.3) is 10.9 Å². The average molecular weight is 376 g/mol. The van der Waals surface area contributed by atoms with Gasteiger partial charge in [-0.15, -0.1) is 0 Å². The number of quaternary nitrogens is 1. The van der Waals surface area contributed by atoms with Gasteiger partial charge in [-0.2, -0.15) is 0 Å². The van der Waals surface area contributed by atoms with E-state index in [1.165, 1.54) is 10.5 Å². The Morgan fingerprint density at radius 1 is 1.35 bits per heavy atom. The average Bonchev–Trinajstić information content (AvgIpc) is 2.58. The number of pyridine rings is 1. The van der Waals surface area contributed by atoms with E-state index < -0.39 is 0 Å². The topological polar surface area (TPSA) is 52.6 Å². The molecule has 0 radical (unpaired) electrons. The first-order valence-electron chi connectivity index (χ1n) is 9.27. The second-order valence-corrected chi connectivity index (χ2v) is 7.74. The number of likely N-dealkylation sites (N-methyl/N-ethyl adjacent to an activating group) is 1. The Kier molecular flexibility index (Phi) is 7.17. The highest BCUT2D eigenvalue weighted by molar-refractivity contribution is 7.80. The quantitative estimate of drug-likeness (QED) is 0.642. The Hall–Kier alpha value is -1.92. The van der Waals surface area contributed by atoms with Crippen LogP contribution in [0.4, 0.5) is 0 Å². The number of nitrogens with zero attached hydrogens (tertiary/aromatic N) is 1. The van der Waals surface area contributed by atoms with Gasteiger partial charge in [0, 0.05) is 17.1 Å². The van der Waals surface area contributed by atoms with Crippen molar-refractivity contribution >= 4 is 28.2 Å². The number of aryl methyl sites for hydroxylation is 1. The zero-order valence-electron chi connectivity index (χ0n) is 16.5. The van der Waals surface area contributed by atoms with Crippen molar-refractivity contribution in [3.8, 4) is 0 Å². The molecule has 2 aromatic rings. The molecule has 0 aliphatic rings. The van der Waals surface area contributed by atoms with Gasteiger partial charge in [-0.1, -0.05) is 18.6 Å². The maximum Gasteiger partial charge on any atom is 0.253 e. The summed E-state index contributed by atoms with van der Waals surface area (Å²) in [6.45, 7) is 8.57. The molecule has 0 aliphatic heterocycles. The Morgan fingerprint density at radius 3 is 2.73 bits per heavy atom. The number of fused-ring (bicyclic) bond motifs is 1. The molecule has 3 N–H and O–H groups in total. The van der Waals surface area contributed by atoms with Crippen LogP contribution in [0.15, 0.2) is 29.1 Å². The number of H-pyrrole nitrogens is 1. The number of nitrogens with one attached hydrogen (secondary N) is 3. The Bertz CT molecular complexity index is 815. The van der Waals surface area contributed by atoms with Crippen molar-refractivity contribution in [2.24, 2.45) is 0 Å². The van der Waals surface area contributed by atoms with Crippen LogP contribution in [0.5, 0.6) is 0 Å². The normalized spacial score (nSPS) is 12.4. The minimum Gasteiger partial charge on any atom is -0.360 e. The van der Waals surface area contributed by atoms with E-state index in [0.29, 0.717) is 17.7 Å². The fourth-order valence-electron chi connectivity index (χ4n) is 2.71. The predicted octanol–water partition coefficient (Wildman–Crippen LogP) is 1.46. The van der Waals surface area contributed by atoms with E-state index in [4.69, 9.17) is 12.2 Å². The molecular formula is C20H31N4OS+. The van der Waals surface area contributed by atoms with Gasteiger partial charge in [-0.3, -0.25) is 4.79 Å². The molecule has 142 valence electrons. The van der Waals surface area contributed by atoms with Crippen LogP contribution >= 0.6 is 12.2 Å². The molecule has 1 atom stereocenters. The third-order valence-electron chi connectivity index (χ3n) is 4.59. The first-order chi connectivity index (χ1) is 12.3. The van der Waals surface area contributed by atoms with Crippen LogP contribution in [0, 0.1) is 6.92 Å². The van der Waals surface area contributed by atoms with Crippen LogP contribution in [-0.4, -0.2) is 48.2 Å². The molecule has 1 aromatic heterocycles. The number of hydrogen-bond acceptors (Lipinski definition) is 2. The Labute approximate surface area is 161 Å². The molecule has 26 heavy (non-hydrogen) atoms. The number of thiocarbonyl (C=S) groups is 1. The number of hydrogen-bond donors (Lipinski definition) is 3. The van der Waals surface area contributed by atoms with Gasteiger partial charge in [0.05, 0.1) is 33.7 Å². The fourth-order valence-corrected chi connectivity index (χ4v) is 3.07. The number of aromatic amines is 1. The Morgan fingerprint density at radius 2 is 2.08 bits per heavy atom. The van der Waals surface area contributed by atoms with Gasteiger partial charge in [-0.25, -0.2) is 0 Å². The second kappa shape index (κ2) is 9.14. The van der Waals surface area contributed by atoms with Gasteiger partial charge in [-0.05, 0) is 56.1 Å². The summed E-state index contributed by atoms with van der Waals surface area (Å²) in [6, 6.07) is 8.36. The van der Waals surface area contributed by atoms with Crippen LogP contribution < -0.4 is 15.8 Å². The molecule has 0 saturated carbocycles. The van der Waals surface area contributed by atoms with E-state index in [9.17, 15) is 4.79 Å². The van der Waals surface area contributed by atoms with Gasteiger partial charge in [0.25, 0.3) is 5.56 Å². The zero-order chi connectivity index (χ0) is 19.3. The summed E-state index contributed by atoms with van der Waals surface area (Å²) in [4.78, 5) is 19.0. The summed E-state index contributed by atoms with van der Waals surface area (Å²) >= 11 is 5.62. The molecule has 5 nitrogen and oxygen atoms in total. The van der Waals surface area contributed by atoms with Crippen molar-refractivity contribution in [1.82, 2.24) is 15.2 Å². The highest BCUT2D eigenvalue weighted by Crippen LogP contribution is 2.14. The minimum absolute atomic E-state index is 0.0464. The molecule has 6 heteroatoms. The molecule has 2 rings (SSSR count). The largest absolute Gasteiger partial charge is 0.360 e.